The van der Waals surface area contributed by atoms with Crippen molar-refractivity contribution in [2.24, 2.45) is 7.05 Å². The number of ether oxygens (including phenoxy) is 2. The number of methoxy groups -OCH3 is 1. The first-order valence-corrected chi connectivity index (χ1v) is 13.0. The van der Waals surface area contributed by atoms with E-state index in [4.69, 9.17) is 9.47 Å². The Hall–Kier alpha value is -3.59. The highest BCUT2D eigenvalue weighted by molar-refractivity contribution is 6.07. The summed E-state index contributed by atoms with van der Waals surface area (Å²) in [4.78, 5) is 33.7. The molecule has 9 nitrogen and oxygen atoms in total. The highest BCUT2D eigenvalue weighted by atomic mass is 16.6. The van der Waals surface area contributed by atoms with Crippen LogP contribution < -0.4 is 10.1 Å². The third-order valence-electron chi connectivity index (χ3n) is 6.70. The maximum absolute atomic E-state index is 13.4. The molecule has 1 aromatic carbocycles. The van der Waals surface area contributed by atoms with Crippen LogP contribution in [-0.2, 0) is 23.7 Å². The normalized spacial score (nSPS) is 11.6. The number of hydrogen-bond donors (Lipinski definition) is 1. The fourth-order valence-corrected chi connectivity index (χ4v) is 4.35. The van der Waals surface area contributed by atoms with Crippen molar-refractivity contribution in [1.82, 2.24) is 19.4 Å². The molecule has 38 heavy (non-hydrogen) atoms. The summed E-state index contributed by atoms with van der Waals surface area (Å²) in [6.07, 6.45) is 1.46. The van der Waals surface area contributed by atoms with Crippen LogP contribution in [0, 0.1) is 0 Å². The Kier molecular flexibility index (Phi) is 9.38. The first-order chi connectivity index (χ1) is 18.0. The second kappa shape index (κ2) is 12.3. The van der Waals surface area contributed by atoms with Gasteiger partial charge in [-0.1, -0.05) is 45.9 Å². The van der Waals surface area contributed by atoms with E-state index < -0.39 is 0 Å². The van der Waals surface area contributed by atoms with E-state index in [0.29, 0.717) is 43.5 Å². The van der Waals surface area contributed by atoms with Crippen molar-refractivity contribution in [3.63, 3.8) is 0 Å². The van der Waals surface area contributed by atoms with Crippen molar-refractivity contribution in [2.75, 3.05) is 45.7 Å². The molecule has 0 aliphatic rings. The number of likely N-dealkylation sites (N-methyl/N-ethyl adjacent to an activating group) is 2. The Morgan fingerprint density at radius 2 is 1.87 bits per heavy atom. The number of pyridine rings is 1. The summed E-state index contributed by atoms with van der Waals surface area (Å²) >= 11 is 0. The van der Waals surface area contributed by atoms with Gasteiger partial charge in [-0.15, -0.1) is 0 Å². The monoisotopic (exact) mass is 523 g/mol. The number of carbonyl (C=O) groups is 2. The summed E-state index contributed by atoms with van der Waals surface area (Å²) < 4.78 is 12.4. The number of benzene rings is 1. The van der Waals surface area contributed by atoms with Gasteiger partial charge in [-0.2, -0.15) is 0 Å². The molecule has 0 spiro atoms. The van der Waals surface area contributed by atoms with Crippen LogP contribution in [0.1, 0.15) is 56.2 Å². The zero-order chi connectivity index (χ0) is 28.0. The van der Waals surface area contributed by atoms with Crippen LogP contribution in [0.3, 0.4) is 0 Å². The van der Waals surface area contributed by atoms with Crippen LogP contribution in [0.2, 0.25) is 0 Å². The van der Waals surface area contributed by atoms with Crippen LogP contribution in [0.4, 0.5) is 10.5 Å². The molecule has 3 rings (SSSR count). The minimum atomic E-state index is -0.316. The van der Waals surface area contributed by atoms with Gasteiger partial charge in [-0.25, -0.2) is 9.78 Å². The van der Waals surface area contributed by atoms with Crippen LogP contribution in [0.25, 0.3) is 10.9 Å². The summed E-state index contributed by atoms with van der Waals surface area (Å²) in [5, 5.41) is 4.00. The maximum Gasteiger partial charge on any atom is 0.409 e. The summed E-state index contributed by atoms with van der Waals surface area (Å²) in [6.45, 7) is 13.3. The predicted molar refractivity (Wildman–Crippen MR) is 151 cm³/mol. The molecule has 0 fully saturated rings. The van der Waals surface area contributed by atoms with Crippen LogP contribution in [0.5, 0.6) is 5.88 Å². The van der Waals surface area contributed by atoms with Gasteiger partial charge >= 0.3 is 6.09 Å². The second-order valence-corrected chi connectivity index (χ2v) is 10.4. The third kappa shape index (κ3) is 6.64. The van der Waals surface area contributed by atoms with Crippen molar-refractivity contribution in [1.29, 1.82) is 0 Å². The zero-order valence-electron chi connectivity index (χ0n) is 23.9. The molecule has 2 heterocycles. The summed E-state index contributed by atoms with van der Waals surface area (Å²) in [6, 6.07) is 9.94. The number of rotatable bonds is 10. The van der Waals surface area contributed by atoms with Gasteiger partial charge in [0.1, 0.15) is 11.4 Å². The van der Waals surface area contributed by atoms with Gasteiger partial charge in [0.05, 0.1) is 19.2 Å². The standard InChI is InChI=1S/C29H41N5O4/c1-9-34(15-14-32(6)28(36)38-10-2)19-21-13-11-12-20-16-24(33(7)25(20)21)26(35)31-23-17-22(29(3,4)5)18-30-27(23)37-8/h11-13,16-18H,9-10,14-15,19H2,1-8H3,(H,31,35). The number of fused-ring (bicyclic) bond motifs is 1. The van der Waals surface area contributed by atoms with Crippen molar-refractivity contribution >= 4 is 28.6 Å². The van der Waals surface area contributed by atoms with Crippen LogP contribution in [0.15, 0.2) is 36.5 Å². The molecule has 0 saturated heterocycles. The van der Waals surface area contributed by atoms with E-state index in [1.165, 1.54) is 0 Å². The van der Waals surface area contributed by atoms with E-state index >= 15 is 0 Å². The minimum absolute atomic E-state index is 0.121. The number of carbonyl (C=O) groups excluding carboxylic acids is 2. The summed E-state index contributed by atoms with van der Waals surface area (Å²) in [5.41, 5.74) is 4.08. The lowest BCUT2D eigenvalue weighted by atomic mass is 9.88. The molecular weight excluding hydrogens is 482 g/mol. The minimum Gasteiger partial charge on any atom is -0.480 e. The molecule has 3 aromatic rings. The lowest BCUT2D eigenvalue weighted by molar-refractivity contribution is 0.101. The Balaban J connectivity index is 1.84. The number of aromatic nitrogens is 2. The van der Waals surface area contributed by atoms with Crippen LogP contribution in [-0.4, -0.2) is 71.7 Å². The Bertz CT molecular complexity index is 1280. The molecule has 0 unspecified atom stereocenters. The highest BCUT2D eigenvalue weighted by Gasteiger charge is 2.21. The van der Waals surface area contributed by atoms with Gasteiger partial charge in [0.15, 0.2) is 0 Å². The maximum atomic E-state index is 13.4. The number of aryl methyl sites for hydroxylation is 1. The summed E-state index contributed by atoms with van der Waals surface area (Å²) in [5.74, 6) is 0.140. The largest absolute Gasteiger partial charge is 0.480 e. The van der Waals surface area contributed by atoms with E-state index in [1.54, 1.807) is 32.2 Å². The Morgan fingerprint density at radius 1 is 1.13 bits per heavy atom. The number of hydrogen-bond acceptors (Lipinski definition) is 6. The number of para-hydroxylation sites is 1. The average Bonchev–Trinajstić information content (AvgIpc) is 3.23. The second-order valence-electron chi connectivity index (χ2n) is 10.4. The zero-order valence-corrected chi connectivity index (χ0v) is 23.9. The molecule has 0 aliphatic carbocycles. The van der Waals surface area contributed by atoms with E-state index in [-0.39, 0.29) is 17.4 Å². The van der Waals surface area contributed by atoms with Gasteiger partial charge in [0.2, 0.25) is 5.88 Å². The smallest absolute Gasteiger partial charge is 0.409 e. The van der Waals surface area contributed by atoms with Crippen molar-refractivity contribution in [3.05, 3.63) is 53.3 Å². The molecule has 2 amide bonds. The Morgan fingerprint density at radius 3 is 2.50 bits per heavy atom. The first kappa shape index (κ1) is 29.0. The number of nitrogens with one attached hydrogen (secondary N) is 1. The van der Waals surface area contributed by atoms with E-state index in [2.05, 4.69) is 49.0 Å². The lowest BCUT2D eigenvalue weighted by Crippen LogP contribution is -2.36. The molecule has 0 bridgehead atoms. The van der Waals surface area contributed by atoms with Crippen molar-refractivity contribution in [3.8, 4) is 5.88 Å². The fraction of sp³-hybridized carbons (Fsp3) is 0.483. The highest BCUT2D eigenvalue weighted by Crippen LogP contribution is 2.30. The molecular formula is C29H41N5O4. The molecule has 0 radical (unpaired) electrons. The first-order valence-electron chi connectivity index (χ1n) is 13.0. The topological polar surface area (TPSA) is 88.9 Å². The lowest BCUT2D eigenvalue weighted by Gasteiger charge is -2.24. The molecule has 9 heteroatoms. The van der Waals surface area contributed by atoms with Crippen molar-refractivity contribution in [2.45, 2.75) is 46.6 Å². The molecule has 1 N–H and O–H groups in total. The number of amides is 2. The molecule has 206 valence electrons. The Labute approximate surface area is 225 Å². The summed E-state index contributed by atoms with van der Waals surface area (Å²) in [7, 11) is 5.20. The SMILES string of the molecule is CCOC(=O)N(C)CCN(CC)Cc1cccc2cc(C(=O)Nc3cc(C(C)(C)C)cnc3OC)n(C)c12. The third-order valence-corrected chi connectivity index (χ3v) is 6.70. The van der Waals surface area contributed by atoms with Gasteiger partial charge < -0.3 is 24.3 Å². The van der Waals surface area contributed by atoms with Gasteiger partial charge in [0.25, 0.3) is 5.91 Å². The van der Waals surface area contributed by atoms with Crippen molar-refractivity contribution < 1.29 is 19.1 Å². The van der Waals surface area contributed by atoms with Gasteiger partial charge in [-0.3, -0.25) is 9.69 Å². The molecule has 0 atom stereocenters. The fourth-order valence-electron chi connectivity index (χ4n) is 4.35. The van der Waals surface area contributed by atoms with Gasteiger partial charge in [-0.05, 0) is 42.1 Å². The molecule has 0 aliphatic heterocycles. The molecule has 0 saturated carbocycles. The van der Waals surface area contributed by atoms with Gasteiger partial charge in [0, 0.05) is 45.3 Å². The quantitative estimate of drug-likeness (QED) is 0.400. The van der Waals surface area contributed by atoms with E-state index in [1.807, 2.05) is 35.9 Å². The van der Waals surface area contributed by atoms with Crippen LogP contribution >= 0.6 is 0 Å². The average molecular weight is 524 g/mol. The van der Waals surface area contributed by atoms with E-state index in [9.17, 15) is 9.59 Å². The molecule has 2 aromatic heterocycles. The van der Waals surface area contributed by atoms with E-state index in [0.717, 1.165) is 28.6 Å². The number of nitrogens with zero attached hydrogens (tertiary/aromatic N) is 4. The predicted octanol–water partition coefficient (Wildman–Crippen LogP) is 5.04. The number of anilines is 1.